The third-order valence-corrected chi connectivity index (χ3v) is 4.47. The lowest BCUT2D eigenvalue weighted by Crippen LogP contribution is -2.32. The highest BCUT2D eigenvalue weighted by atomic mass is 16.1. The summed E-state index contributed by atoms with van der Waals surface area (Å²) in [5.41, 5.74) is 3.29. The minimum Gasteiger partial charge on any atom is -0.342 e. The minimum absolute atomic E-state index is 0.140. The van der Waals surface area contributed by atoms with E-state index in [1.165, 1.54) is 6.33 Å². The van der Waals surface area contributed by atoms with Crippen molar-refractivity contribution in [1.82, 2.24) is 30.0 Å². The number of carbonyl (C=O) groups excluding carboxylic acids is 1. The number of hydrogen-bond acceptors (Lipinski definition) is 4. The van der Waals surface area contributed by atoms with Gasteiger partial charge in [0.15, 0.2) is 0 Å². The van der Waals surface area contributed by atoms with Crippen molar-refractivity contribution in [2.24, 2.45) is 5.92 Å². The van der Waals surface area contributed by atoms with Gasteiger partial charge in [-0.25, -0.2) is 14.6 Å². The first-order valence-electron chi connectivity index (χ1n) is 8.82. The lowest BCUT2D eigenvalue weighted by atomic mass is 10.0. The molecular formula is C20H20N6O. The number of nitrogens with one attached hydrogen (secondary N) is 2. The number of H-pyrrole nitrogens is 1. The number of aromatic amines is 1. The van der Waals surface area contributed by atoms with Crippen LogP contribution >= 0.6 is 0 Å². The predicted octanol–water partition coefficient (Wildman–Crippen LogP) is 3.27. The van der Waals surface area contributed by atoms with Crippen molar-refractivity contribution >= 4 is 16.9 Å². The number of carbonyl (C=O) groups is 1. The van der Waals surface area contributed by atoms with Gasteiger partial charge < -0.3 is 10.3 Å². The zero-order valence-corrected chi connectivity index (χ0v) is 15.1. The highest BCUT2D eigenvalue weighted by Gasteiger charge is 2.22. The highest BCUT2D eigenvalue weighted by molar-refractivity contribution is 5.94. The summed E-state index contributed by atoms with van der Waals surface area (Å²) in [5, 5.41) is 7.18. The van der Waals surface area contributed by atoms with E-state index in [0.29, 0.717) is 5.56 Å². The Kier molecular flexibility index (Phi) is 4.42. The van der Waals surface area contributed by atoms with Gasteiger partial charge in [0, 0.05) is 5.56 Å². The highest BCUT2D eigenvalue weighted by Crippen LogP contribution is 2.22. The van der Waals surface area contributed by atoms with E-state index in [1.54, 1.807) is 23.1 Å². The molecule has 1 atom stereocenters. The Balaban J connectivity index is 1.55. The summed E-state index contributed by atoms with van der Waals surface area (Å²) < 4.78 is 1.65. The van der Waals surface area contributed by atoms with Crippen LogP contribution in [0.25, 0.3) is 16.7 Å². The van der Waals surface area contributed by atoms with E-state index in [0.717, 1.165) is 22.5 Å². The summed E-state index contributed by atoms with van der Waals surface area (Å²) >= 11 is 0. The molecule has 2 aromatic heterocycles. The van der Waals surface area contributed by atoms with Gasteiger partial charge in [-0.2, -0.15) is 5.10 Å². The molecule has 1 amide bonds. The molecule has 0 aliphatic heterocycles. The number of hydrogen-bond donors (Lipinski definition) is 2. The van der Waals surface area contributed by atoms with Crippen LogP contribution in [-0.4, -0.2) is 30.6 Å². The standard InChI is InChI=1S/C20H20N6O/c1-13(2)18(19-23-16-5-3-4-6-17(16)24-19)25-20(27)14-7-9-15(10-8-14)26-12-21-11-22-26/h3-13,18H,1-2H3,(H,23,24)(H,25,27). The minimum atomic E-state index is -0.208. The fraction of sp³-hybridized carbons (Fsp3) is 0.200. The van der Waals surface area contributed by atoms with Crippen molar-refractivity contribution in [2.45, 2.75) is 19.9 Å². The Morgan fingerprint density at radius 2 is 1.89 bits per heavy atom. The van der Waals surface area contributed by atoms with Crippen LogP contribution < -0.4 is 5.32 Å². The Morgan fingerprint density at radius 1 is 1.11 bits per heavy atom. The molecule has 0 saturated heterocycles. The summed E-state index contributed by atoms with van der Waals surface area (Å²) in [5.74, 6) is 0.807. The van der Waals surface area contributed by atoms with Gasteiger partial charge in [-0.05, 0) is 42.3 Å². The normalized spacial score (nSPS) is 12.4. The molecule has 0 aliphatic rings. The summed E-state index contributed by atoms with van der Waals surface area (Å²) in [6.45, 7) is 4.12. The second-order valence-electron chi connectivity index (χ2n) is 6.72. The average molecular weight is 360 g/mol. The molecule has 7 nitrogen and oxygen atoms in total. The number of benzene rings is 2. The van der Waals surface area contributed by atoms with Crippen LogP contribution in [0.3, 0.4) is 0 Å². The largest absolute Gasteiger partial charge is 0.342 e. The summed E-state index contributed by atoms with van der Waals surface area (Å²) in [4.78, 5) is 24.6. The maximum atomic E-state index is 12.8. The van der Waals surface area contributed by atoms with Gasteiger partial charge in [-0.1, -0.05) is 26.0 Å². The number of aromatic nitrogens is 5. The molecule has 27 heavy (non-hydrogen) atoms. The molecule has 0 fully saturated rings. The van der Waals surface area contributed by atoms with E-state index < -0.39 is 0 Å². The van der Waals surface area contributed by atoms with Gasteiger partial charge >= 0.3 is 0 Å². The maximum Gasteiger partial charge on any atom is 0.251 e. The molecule has 1 unspecified atom stereocenters. The molecule has 0 spiro atoms. The van der Waals surface area contributed by atoms with Crippen LogP contribution in [0.4, 0.5) is 0 Å². The fourth-order valence-electron chi connectivity index (χ4n) is 3.00. The first kappa shape index (κ1) is 17.0. The quantitative estimate of drug-likeness (QED) is 0.572. The topological polar surface area (TPSA) is 88.5 Å². The first-order chi connectivity index (χ1) is 13.1. The van der Waals surface area contributed by atoms with Crippen molar-refractivity contribution in [3.63, 3.8) is 0 Å². The van der Waals surface area contributed by atoms with Crippen LogP contribution in [0.15, 0.2) is 61.2 Å². The summed E-state index contributed by atoms with van der Waals surface area (Å²) in [6.07, 6.45) is 3.09. The van der Waals surface area contributed by atoms with E-state index in [-0.39, 0.29) is 17.9 Å². The summed E-state index contributed by atoms with van der Waals surface area (Å²) in [7, 11) is 0. The van der Waals surface area contributed by atoms with E-state index in [9.17, 15) is 4.79 Å². The van der Waals surface area contributed by atoms with Crippen LogP contribution in [0.2, 0.25) is 0 Å². The lowest BCUT2D eigenvalue weighted by Gasteiger charge is -2.20. The van der Waals surface area contributed by atoms with E-state index >= 15 is 0 Å². The van der Waals surface area contributed by atoms with Gasteiger partial charge in [0.25, 0.3) is 5.91 Å². The van der Waals surface area contributed by atoms with E-state index in [1.807, 2.05) is 36.4 Å². The van der Waals surface area contributed by atoms with Gasteiger partial charge in [-0.15, -0.1) is 0 Å². The smallest absolute Gasteiger partial charge is 0.251 e. The van der Waals surface area contributed by atoms with Crippen LogP contribution in [0.5, 0.6) is 0 Å². The van der Waals surface area contributed by atoms with Crippen LogP contribution in [0, 0.1) is 5.92 Å². The third-order valence-electron chi connectivity index (χ3n) is 4.47. The third kappa shape index (κ3) is 3.44. The number of rotatable bonds is 5. The number of imidazole rings is 1. The van der Waals surface area contributed by atoms with Crippen molar-refractivity contribution in [3.05, 3.63) is 72.6 Å². The zero-order chi connectivity index (χ0) is 18.8. The molecule has 0 radical (unpaired) electrons. The first-order valence-corrected chi connectivity index (χ1v) is 8.82. The molecule has 2 aromatic carbocycles. The Morgan fingerprint density at radius 3 is 2.56 bits per heavy atom. The van der Waals surface area contributed by atoms with Crippen LogP contribution in [-0.2, 0) is 0 Å². The number of para-hydroxylation sites is 2. The Labute approximate surface area is 156 Å². The Bertz CT molecular complexity index is 1020. The van der Waals surface area contributed by atoms with Crippen molar-refractivity contribution in [3.8, 4) is 5.69 Å². The SMILES string of the molecule is CC(C)C(NC(=O)c1ccc(-n2cncn2)cc1)c1nc2ccccc2[nH]1. The fourth-order valence-corrected chi connectivity index (χ4v) is 3.00. The monoisotopic (exact) mass is 360 g/mol. The molecule has 136 valence electrons. The van der Waals surface area contributed by atoms with E-state index in [2.05, 4.69) is 39.2 Å². The Hall–Kier alpha value is -3.48. The average Bonchev–Trinajstić information content (AvgIpc) is 3.35. The molecule has 0 saturated carbocycles. The number of fused-ring (bicyclic) bond motifs is 1. The molecule has 7 heteroatoms. The van der Waals surface area contributed by atoms with E-state index in [4.69, 9.17) is 0 Å². The van der Waals surface area contributed by atoms with Crippen molar-refractivity contribution < 1.29 is 4.79 Å². The lowest BCUT2D eigenvalue weighted by molar-refractivity contribution is 0.0923. The van der Waals surface area contributed by atoms with Crippen molar-refractivity contribution in [2.75, 3.05) is 0 Å². The van der Waals surface area contributed by atoms with Gasteiger partial charge in [0.2, 0.25) is 0 Å². The molecule has 0 bridgehead atoms. The van der Waals surface area contributed by atoms with Gasteiger partial charge in [0.1, 0.15) is 18.5 Å². The molecule has 4 aromatic rings. The molecule has 2 N–H and O–H groups in total. The maximum absolute atomic E-state index is 12.8. The second kappa shape index (κ2) is 7.03. The summed E-state index contributed by atoms with van der Waals surface area (Å²) in [6, 6.07) is 14.9. The predicted molar refractivity (Wildman–Crippen MR) is 102 cm³/mol. The molecule has 2 heterocycles. The zero-order valence-electron chi connectivity index (χ0n) is 15.1. The van der Waals surface area contributed by atoms with Crippen molar-refractivity contribution in [1.29, 1.82) is 0 Å². The molecular weight excluding hydrogens is 340 g/mol. The molecule has 4 rings (SSSR count). The number of nitrogens with zero attached hydrogens (tertiary/aromatic N) is 4. The van der Waals surface area contributed by atoms with Gasteiger partial charge in [0.05, 0.1) is 22.8 Å². The van der Waals surface area contributed by atoms with Crippen LogP contribution in [0.1, 0.15) is 36.1 Å². The van der Waals surface area contributed by atoms with Gasteiger partial charge in [-0.3, -0.25) is 4.79 Å². The molecule has 0 aliphatic carbocycles. The second-order valence-corrected chi connectivity index (χ2v) is 6.72. The number of amides is 1.